The Morgan fingerprint density at radius 1 is 1.82 bits per heavy atom. The predicted molar refractivity (Wildman–Crippen MR) is 41.5 cm³/mol. The number of carbonyl (C=O) groups excluding carboxylic acids is 1. The number of rotatable bonds is 4. The second-order valence-electron chi connectivity index (χ2n) is 2.27. The van der Waals surface area contributed by atoms with Gasteiger partial charge in [0.25, 0.3) is 0 Å². The lowest BCUT2D eigenvalue weighted by Gasteiger charge is -2.07. The summed E-state index contributed by atoms with van der Waals surface area (Å²) in [6, 6.07) is 1.34. The normalized spacial score (nSPS) is 11.7. The van der Waals surface area contributed by atoms with Gasteiger partial charge >= 0.3 is 0 Å². The van der Waals surface area contributed by atoms with Crippen LogP contribution >= 0.6 is 0 Å². The van der Waals surface area contributed by atoms with Crippen molar-refractivity contribution in [3.63, 3.8) is 0 Å². The first-order valence-electron chi connectivity index (χ1n) is 3.62. The zero-order valence-corrected chi connectivity index (χ0v) is 6.63. The second-order valence-corrected chi connectivity index (χ2v) is 2.27. The highest BCUT2D eigenvalue weighted by atomic mass is 16.2. The zero-order valence-electron chi connectivity index (χ0n) is 6.63. The standard InChI is InChI=1S/C7H13N3O/c1-2-3-6(9)7(11)10-5-4-8/h6H,2-3,5,9H2,1H3,(H,10,11)/t6-/m0/s1. The van der Waals surface area contributed by atoms with Crippen LogP contribution in [0.15, 0.2) is 0 Å². The van der Waals surface area contributed by atoms with Gasteiger partial charge in [-0.3, -0.25) is 4.79 Å². The minimum atomic E-state index is -0.464. The average molecular weight is 155 g/mol. The van der Waals surface area contributed by atoms with E-state index >= 15 is 0 Å². The van der Waals surface area contributed by atoms with Crippen LogP contribution in [0.1, 0.15) is 19.8 Å². The molecule has 0 heterocycles. The summed E-state index contributed by atoms with van der Waals surface area (Å²) in [6.45, 7) is 1.99. The van der Waals surface area contributed by atoms with E-state index in [1.54, 1.807) is 0 Å². The predicted octanol–water partition coefficient (Wildman–Crippen LogP) is -0.246. The van der Waals surface area contributed by atoms with Crippen LogP contribution in [0, 0.1) is 11.3 Å². The molecule has 0 spiro atoms. The third-order valence-electron chi connectivity index (χ3n) is 1.28. The van der Waals surface area contributed by atoms with Gasteiger partial charge in [-0.1, -0.05) is 13.3 Å². The number of nitrogens with one attached hydrogen (secondary N) is 1. The lowest BCUT2D eigenvalue weighted by atomic mass is 10.2. The maximum Gasteiger partial charge on any atom is 0.237 e. The fourth-order valence-electron chi connectivity index (χ4n) is 0.700. The van der Waals surface area contributed by atoms with Crippen molar-refractivity contribution in [2.45, 2.75) is 25.8 Å². The van der Waals surface area contributed by atoms with Crippen molar-refractivity contribution in [1.29, 1.82) is 5.26 Å². The van der Waals surface area contributed by atoms with Crippen molar-refractivity contribution < 1.29 is 4.79 Å². The summed E-state index contributed by atoms with van der Waals surface area (Å²) < 4.78 is 0. The van der Waals surface area contributed by atoms with E-state index in [-0.39, 0.29) is 12.5 Å². The van der Waals surface area contributed by atoms with Gasteiger partial charge in [0.05, 0.1) is 12.1 Å². The number of amides is 1. The van der Waals surface area contributed by atoms with Crippen molar-refractivity contribution in [1.82, 2.24) is 5.32 Å². The highest BCUT2D eigenvalue weighted by molar-refractivity contribution is 5.81. The summed E-state index contributed by atoms with van der Waals surface area (Å²) in [6.07, 6.45) is 1.54. The van der Waals surface area contributed by atoms with Crippen molar-refractivity contribution >= 4 is 5.91 Å². The fourth-order valence-corrected chi connectivity index (χ4v) is 0.700. The summed E-state index contributed by atoms with van der Waals surface area (Å²) in [7, 11) is 0. The van der Waals surface area contributed by atoms with Gasteiger partial charge in [-0.2, -0.15) is 5.26 Å². The molecule has 62 valence electrons. The molecule has 0 aliphatic rings. The van der Waals surface area contributed by atoms with Crippen molar-refractivity contribution in [3.05, 3.63) is 0 Å². The van der Waals surface area contributed by atoms with E-state index in [1.165, 1.54) is 0 Å². The van der Waals surface area contributed by atoms with Gasteiger partial charge in [-0.25, -0.2) is 0 Å². The van der Waals surface area contributed by atoms with Crippen LogP contribution in [-0.2, 0) is 4.79 Å². The molecule has 0 aromatic heterocycles. The molecular formula is C7H13N3O. The van der Waals surface area contributed by atoms with Crippen molar-refractivity contribution in [3.8, 4) is 6.07 Å². The molecule has 0 aliphatic heterocycles. The maximum absolute atomic E-state index is 10.9. The van der Waals surface area contributed by atoms with Crippen LogP contribution in [-0.4, -0.2) is 18.5 Å². The highest BCUT2D eigenvalue weighted by Gasteiger charge is 2.10. The van der Waals surface area contributed by atoms with Crippen molar-refractivity contribution in [2.75, 3.05) is 6.54 Å². The molecule has 0 rings (SSSR count). The Morgan fingerprint density at radius 3 is 2.91 bits per heavy atom. The van der Waals surface area contributed by atoms with Crippen LogP contribution in [0.4, 0.5) is 0 Å². The summed E-state index contributed by atoms with van der Waals surface area (Å²) in [5.74, 6) is -0.242. The van der Waals surface area contributed by atoms with E-state index in [1.807, 2.05) is 13.0 Å². The first-order chi connectivity index (χ1) is 5.22. The number of nitriles is 1. The lowest BCUT2D eigenvalue weighted by Crippen LogP contribution is -2.40. The minimum absolute atomic E-state index is 0.0379. The molecule has 0 radical (unpaired) electrons. The number of hydrogen-bond acceptors (Lipinski definition) is 3. The molecule has 0 bridgehead atoms. The van der Waals surface area contributed by atoms with Gasteiger partial charge in [0.15, 0.2) is 0 Å². The molecule has 1 amide bonds. The van der Waals surface area contributed by atoms with Crippen LogP contribution in [0.5, 0.6) is 0 Å². The molecular weight excluding hydrogens is 142 g/mol. The Balaban J connectivity index is 3.57. The molecule has 0 saturated carbocycles. The van der Waals surface area contributed by atoms with Crippen LogP contribution in [0.3, 0.4) is 0 Å². The molecule has 4 nitrogen and oxygen atoms in total. The summed E-state index contributed by atoms with van der Waals surface area (Å²) in [5.41, 5.74) is 5.45. The largest absolute Gasteiger partial charge is 0.342 e. The molecule has 1 atom stereocenters. The topological polar surface area (TPSA) is 78.9 Å². The Bertz CT molecular complexity index is 162. The third-order valence-corrected chi connectivity index (χ3v) is 1.28. The molecule has 0 aromatic rings. The van der Waals surface area contributed by atoms with Crippen LogP contribution < -0.4 is 11.1 Å². The highest BCUT2D eigenvalue weighted by Crippen LogP contribution is 1.91. The molecule has 0 fully saturated rings. The van der Waals surface area contributed by atoms with E-state index in [0.29, 0.717) is 6.42 Å². The summed E-state index contributed by atoms with van der Waals surface area (Å²) >= 11 is 0. The fraction of sp³-hybridized carbons (Fsp3) is 0.714. The Labute approximate surface area is 66.4 Å². The molecule has 0 aromatic carbocycles. The quantitative estimate of drug-likeness (QED) is 0.549. The third kappa shape index (κ3) is 4.34. The second kappa shape index (κ2) is 5.69. The Kier molecular flexibility index (Phi) is 5.13. The molecule has 11 heavy (non-hydrogen) atoms. The molecule has 3 N–H and O–H groups in total. The minimum Gasteiger partial charge on any atom is -0.342 e. The van der Waals surface area contributed by atoms with Gasteiger partial charge in [0, 0.05) is 0 Å². The molecule has 0 aliphatic carbocycles. The van der Waals surface area contributed by atoms with Crippen LogP contribution in [0.2, 0.25) is 0 Å². The van der Waals surface area contributed by atoms with Gasteiger partial charge in [0.2, 0.25) is 5.91 Å². The first-order valence-corrected chi connectivity index (χ1v) is 3.62. The summed E-state index contributed by atoms with van der Waals surface area (Å²) in [5, 5.41) is 10.5. The van der Waals surface area contributed by atoms with E-state index in [4.69, 9.17) is 11.0 Å². The number of nitrogens with zero attached hydrogens (tertiary/aromatic N) is 1. The zero-order chi connectivity index (χ0) is 8.69. The molecule has 4 heteroatoms. The Hall–Kier alpha value is -1.08. The van der Waals surface area contributed by atoms with E-state index < -0.39 is 6.04 Å². The molecule has 0 saturated heterocycles. The molecule has 0 unspecified atom stereocenters. The first kappa shape index (κ1) is 9.92. The van der Waals surface area contributed by atoms with E-state index in [2.05, 4.69) is 5.32 Å². The van der Waals surface area contributed by atoms with Crippen molar-refractivity contribution in [2.24, 2.45) is 5.73 Å². The van der Waals surface area contributed by atoms with Gasteiger partial charge in [-0.15, -0.1) is 0 Å². The smallest absolute Gasteiger partial charge is 0.237 e. The average Bonchev–Trinajstić information content (AvgIpc) is 2.00. The summed E-state index contributed by atoms with van der Waals surface area (Å²) in [4.78, 5) is 10.9. The number of hydrogen-bond donors (Lipinski definition) is 2. The van der Waals surface area contributed by atoms with Crippen LogP contribution in [0.25, 0.3) is 0 Å². The van der Waals surface area contributed by atoms with Gasteiger partial charge < -0.3 is 11.1 Å². The number of nitrogens with two attached hydrogens (primary N) is 1. The van der Waals surface area contributed by atoms with E-state index in [9.17, 15) is 4.79 Å². The SMILES string of the molecule is CCC[C@H](N)C(=O)NCC#N. The van der Waals surface area contributed by atoms with Gasteiger partial charge in [0.1, 0.15) is 6.54 Å². The monoisotopic (exact) mass is 155 g/mol. The maximum atomic E-state index is 10.9. The Morgan fingerprint density at radius 2 is 2.45 bits per heavy atom. The van der Waals surface area contributed by atoms with E-state index in [0.717, 1.165) is 6.42 Å². The lowest BCUT2D eigenvalue weighted by molar-refractivity contribution is -0.122. The van der Waals surface area contributed by atoms with Gasteiger partial charge in [-0.05, 0) is 6.42 Å². The number of carbonyl (C=O) groups is 1.